The second kappa shape index (κ2) is 5.89. The number of aliphatic hydroxyl groups is 1. The summed E-state index contributed by atoms with van der Waals surface area (Å²) in [6, 6.07) is 0. The van der Waals surface area contributed by atoms with Crippen LogP contribution in [0.3, 0.4) is 0 Å². The molecule has 0 amide bonds. The van der Waals surface area contributed by atoms with Crippen LogP contribution in [0.1, 0.15) is 32.6 Å². The maximum Gasteiger partial charge on any atom is 0.129 e. The summed E-state index contributed by atoms with van der Waals surface area (Å²) in [5.74, 6) is 4.01. The molecule has 0 aromatic carbocycles. The quantitative estimate of drug-likeness (QED) is 0.459. The Kier molecular flexibility index (Phi) is 5.03. The molecule has 1 rings (SSSR count). The summed E-state index contributed by atoms with van der Waals surface area (Å²) >= 11 is 0. The van der Waals surface area contributed by atoms with Crippen molar-refractivity contribution in [2.75, 3.05) is 6.61 Å². The van der Waals surface area contributed by atoms with Crippen LogP contribution in [-0.2, 0) is 0 Å². The van der Waals surface area contributed by atoms with Crippen LogP contribution in [0.25, 0.3) is 0 Å². The van der Waals surface area contributed by atoms with Gasteiger partial charge in [0.25, 0.3) is 0 Å². The summed E-state index contributed by atoms with van der Waals surface area (Å²) in [6.45, 7) is 9.39. The van der Waals surface area contributed by atoms with E-state index in [0.717, 1.165) is 12.8 Å². The highest BCUT2D eigenvalue weighted by Gasteiger charge is 2.28. The van der Waals surface area contributed by atoms with E-state index in [1.54, 1.807) is 0 Å². The second-order valence-electron chi connectivity index (χ2n) is 6.54. The van der Waals surface area contributed by atoms with Crippen LogP contribution in [0, 0.1) is 22.8 Å². The number of hydrogen-bond donors (Lipinski definition) is 1. The highest BCUT2D eigenvalue weighted by molar-refractivity contribution is 6.83. The molecule has 1 aliphatic rings. The molecule has 1 N–H and O–H groups in total. The summed E-state index contributed by atoms with van der Waals surface area (Å²) in [4.78, 5) is 0. The second-order valence-corrected chi connectivity index (χ2v) is 11.3. The van der Waals surface area contributed by atoms with Gasteiger partial charge in [0, 0.05) is 13.0 Å². The van der Waals surface area contributed by atoms with Gasteiger partial charge in [0.1, 0.15) is 8.07 Å². The lowest BCUT2D eigenvalue weighted by Gasteiger charge is -2.22. The van der Waals surface area contributed by atoms with Gasteiger partial charge < -0.3 is 5.11 Å². The molecule has 0 bridgehead atoms. The van der Waals surface area contributed by atoms with Gasteiger partial charge in [-0.3, -0.25) is 0 Å². The summed E-state index contributed by atoms with van der Waals surface area (Å²) in [7, 11) is -1.19. The van der Waals surface area contributed by atoms with E-state index < -0.39 is 8.07 Å². The SMILES string of the molecule is C[C@]1(CCO)C=C[C@H](CCC#C[Si](C)(C)C)C1. The number of hydrogen-bond acceptors (Lipinski definition) is 1. The molecule has 2 heteroatoms. The highest BCUT2D eigenvalue weighted by atomic mass is 28.3. The summed E-state index contributed by atoms with van der Waals surface area (Å²) in [6.07, 6.45) is 8.89. The fraction of sp³-hybridized carbons (Fsp3) is 0.733. The number of rotatable bonds is 4. The lowest BCUT2D eigenvalue weighted by Crippen LogP contribution is -2.16. The Morgan fingerprint density at radius 1 is 1.41 bits per heavy atom. The highest BCUT2D eigenvalue weighted by Crippen LogP contribution is 2.39. The van der Waals surface area contributed by atoms with Crippen LogP contribution < -0.4 is 0 Å². The largest absolute Gasteiger partial charge is 0.396 e. The summed E-state index contributed by atoms with van der Waals surface area (Å²) < 4.78 is 0. The lowest BCUT2D eigenvalue weighted by molar-refractivity contribution is 0.220. The van der Waals surface area contributed by atoms with E-state index in [-0.39, 0.29) is 5.41 Å². The lowest BCUT2D eigenvalue weighted by atomic mass is 9.84. The van der Waals surface area contributed by atoms with Gasteiger partial charge in [0.2, 0.25) is 0 Å². The van der Waals surface area contributed by atoms with Crippen LogP contribution >= 0.6 is 0 Å². The van der Waals surface area contributed by atoms with Crippen molar-refractivity contribution in [2.24, 2.45) is 11.3 Å². The third-order valence-corrected chi connectivity index (χ3v) is 4.21. The van der Waals surface area contributed by atoms with Crippen molar-refractivity contribution in [1.29, 1.82) is 0 Å². The molecule has 0 aromatic rings. The Morgan fingerprint density at radius 2 is 2.12 bits per heavy atom. The van der Waals surface area contributed by atoms with Crippen molar-refractivity contribution < 1.29 is 5.11 Å². The first-order valence-electron chi connectivity index (χ1n) is 6.65. The maximum absolute atomic E-state index is 9.03. The van der Waals surface area contributed by atoms with Gasteiger partial charge in [0.05, 0.1) is 0 Å². The molecule has 0 aliphatic heterocycles. The van der Waals surface area contributed by atoms with Gasteiger partial charge >= 0.3 is 0 Å². The zero-order valence-electron chi connectivity index (χ0n) is 11.7. The average Bonchev–Trinajstić information content (AvgIpc) is 2.54. The Balaban J connectivity index is 2.32. The predicted molar refractivity (Wildman–Crippen MR) is 77.4 cm³/mol. The molecule has 0 radical (unpaired) electrons. The molecule has 0 unspecified atom stereocenters. The van der Waals surface area contributed by atoms with Crippen LogP contribution in [0.2, 0.25) is 19.6 Å². The van der Waals surface area contributed by atoms with Crippen molar-refractivity contribution >= 4 is 8.07 Å². The maximum atomic E-state index is 9.03. The van der Waals surface area contributed by atoms with E-state index >= 15 is 0 Å². The smallest absolute Gasteiger partial charge is 0.129 e. The van der Waals surface area contributed by atoms with Crippen molar-refractivity contribution in [3.63, 3.8) is 0 Å². The zero-order chi connectivity index (χ0) is 12.9. The fourth-order valence-electron chi connectivity index (χ4n) is 2.33. The van der Waals surface area contributed by atoms with Crippen LogP contribution in [0.4, 0.5) is 0 Å². The van der Waals surface area contributed by atoms with Crippen LogP contribution in [-0.4, -0.2) is 19.8 Å². The fourth-order valence-corrected chi connectivity index (χ4v) is 2.98. The van der Waals surface area contributed by atoms with Crippen molar-refractivity contribution in [3.8, 4) is 11.5 Å². The molecule has 0 saturated heterocycles. The van der Waals surface area contributed by atoms with Gasteiger partial charge in [0.15, 0.2) is 0 Å². The number of allylic oxidation sites excluding steroid dienone is 2. The first-order chi connectivity index (χ1) is 7.85. The molecular weight excluding hydrogens is 224 g/mol. The molecule has 17 heavy (non-hydrogen) atoms. The van der Waals surface area contributed by atoms with Gasteiger partial charge in [-0.15, -0.1) is 11.5 Å². The van der Waals surface area contributed by atoms with Crippen LogP contribution in [0.15, 0.2) is 12.2 Å². The van der Waals surface area contributed by atoms with Crippen molar-refractivity contribution in [3.05, 3.63) is 12.2 Å². The Labute approximate surface area is 107 Å². The first-order valence-corrected chi connectivity index (χ1v) is 10.1. The molecule has 0 aromatic heterocycles. The van der Waals surface area contributed by atoms with E-state index in [9.17, 15) is 0 Å². The Bertz CT molecular complexity index is 329. The van der Waals surface area contributed by atoms with Gasteiger partial charge in [-0.2, -0.15) is 0 Å². The molecular formula is C15H26OSi. The molecule has 1 aliphatic carbocycles. The standard InChI is InChI=1S/C15H26OSi/c1-15(10-11-16)9-8-14(13-15)7-5-6-12-17(2,3)4/h8-9,14,16H,5,7,10-11,13H2,1-4H3/t14-,15+/m0/s1. The minimum atomic E-state index is -1.19. The van der Waals surface area contributed by atoms with E-state index in [4.69, 9.17) is 5.11 Å². The Hall–Kier alpha value is -0.523. The predicted octanol–water partition coefficient (Wildman–Crippen LogP) is 3.61. The van der Waals surface area contributed by atoms with Gasteiger partial charge in [-0.1, -0.05) is 38.7 Å². The third kappa shape index (κ3) is 5.56. The van der Waals surface area contributed by atoms with E-state index in [0.29, 0.717) is 12.5 Å². The van der Waals surface area contributed by atoms with Gasteiger partial charge in [-0.25, -0.2) is 0 Å². The monoisotopic (exact) mass is 250 g/mol. The normalized spacial score (nSPS) is 27.9. The number of aliphatic hydroxyl groups excluding tert-OH is 1. The first kappa shape index (κ1) is 14.5. The van der Waals surface area contributed by atoms with E-state index in [1.165, 1.54) is 12.8 Å². The minimum absolute atomic E-state index is 0.228. The molecule has 0 fully saturated rings. The average molecular weight is 250 g/mol. The molecule has 0 heterocycles. The molecule has 1 nitrogen and oxygen atoms in total. The summed E-state index contributed by atoms with van der Waals surface area (Å²) in [5, 5.41) is 9.03. The zero-order valence-corrected chi connectivity index (χ0v) is 12.7. The Morgan fingerprint density at radius 3 is 2.71 bits per heavy atom. The van der Waals surface area contributed by atoms with E-state index in [1.807, 2.05) is 0 Å². The molecule has 2 atom stereocenters. The van der Waals surface area contributed by atoms with Crippen molar-refractivity contribution in [1.82, 2.24) is 0 Å². The van der Waals surface area contributed by atoms with Gasteiger partial charge in [-0.05, 0) is 30.6 Å². The summed E-state index contributed by atoms with van der Waals surface area (Å²) in [5.41, 5.74) is 3.64. The topological polar surface area (TPSA) is 20.2 Å². The molecule has 0 saturated carbocycles. The van der Waals surface area contributed by atoms with Crippen molar-refractivity contribution in [2.45, 2.75) is 52.2 Å². The molecule has 0 spiro atoms. The third-order valence-electron chi connectivity index (χ3n) is 3.29. The van der Waals surface area contributed by atoms with E-state index in [2.05, 4.69) is 50.2 Å². The minimum Gasteiger partial charge on any atom is -0.396 e. The van der Waals surface area contributed by atoms with Crippen LogP contribution in [0.5, 0.6) is 0 Å². The molecule has 96 valence electrons.